The summed E-state index contributed by atoms with van der Waals surface area (Å²) in [5.41, 5.74) is 0. The Hall–Kier alpha value is -0.560. The first kappa shape index (κ1) is 9.53. The average molecular weight is 302 g/mol. The van der Waals surface area contributed by atoms with Gasteiger partial charge in [0.25, 0.3) is 0 Å². The molecule has 0 unspecified atom stereocenters. The lowest BCUT2D eigenvalue weighted by atomic mass is 10.3. The summed E-state index contributed by atoms with van der Waals surface area (Å²) in [4.78, 5) is 0. The first-order chi connectivity index (χ1) is 5.54. The van der Waals surface area contributed by atoms with E-state index in [0.717, 1.165) is 12.1 Å². The van der Waals surface area contributed by atoms with E-state index in [1.165, 1.54) is 0 Å². The van der Waals surface area contributed by atoms with Gasteiger partial charge in [0.1, 0.15) is 20.1 Å². The molecule has 2 N–H and O–H groups in total. The molecule has 0 aliphatic rings. The summed E-state index contributed by atoms with van der Waals surface area (Å²) >= 11 is 1.58. The molecular weight excluding hydrogens is 298 g/mol. The lowest BCUT2D eigenvalue weighted by Crippen LogP contribution is -1.78. The SMILES string of the molecule is O=I(=O)c1c(O)ccc(O)c1Cl. The maximum atomic E-state index is 10.6. The molecule has 0 fully saturated rings. The Morgan fingerprint density at radius 1 is 1.17 bits per heavy atom. The van der Waals surface area contributed by atoms with Gasteiger partial charge in [0.2, 0.25) is 0 Å². The van der Waals surface area contributed by atoms with Gasteiger partial charge in [-0.3, -0.25) is 0 Å². The van der Waals surface area contributed by atoms with E-state index >= 15 is 0 Å². The highest BCUT2D eigenvalue weighted by atomic mass is 127. The molecule has 0 aliphatic heterocycles. The number of hydrogen-bond acceptors (Lipinski definition) is 4. The van der Waals surface area contributed by atoms with Crippen molar-refractivity contribution < 1.29 is 16.4 Å². The Kier molecular flexibility index (Phi) is 2.73. The average Bonchev–Trinajstić information content (AvgIpc) is 1.97. The highest BCUT2D eigenvalue weighted by Crippen LogP contribution is 2.38. The third-order valence-corrected chi connectivity index (χ3v) is 3.87. The molecule has 0 saturated heterocycles. The van der Waals surface area contributed by atoms with Gasteiger partial charge >= 0.3 is 19.8 Å². The van der Waals surface area contributed by atoms with Gasteiger partial charge in [-0.2, -0.15) is 0 Å². The van der Waals surface area contributed by atoms with Gasteiger partial charge in [-0.15, -0.1) is 0 Å². The van der Waals surface area contributed by atoms with Crippen molar-refractivity contribution in [2.75, 3.05) is 0 Å². The summed E-state index contributed by atoms with van der Waals surface area (Å²) < 4.78 is 20.8. The Labute approximate surface area is 79.9 Å². The molecule has 12 heavy (non-hydrogen) atoms. The van der Waals surface area contributed by atoms with Crippen LogP contribution >= 0.6 is 31.4 Å². The van der Waals surface area contributed by atoms with Crippen molar-refractivity contribution in [2.24, 2.45) is 0 Å². The molecule has 0 radical (unpaired) electrons. The molecule has 0 spiro atoms. The molecule has 1 aromatic carbocycles. The second kappa shape index (κ2) is 3.44. The largest absolute Gasteiger partial charge is 0.507 e. The molecule has 1 aromatic rings. The van der Waals surface area contributed by atoms with E-state index in [9.17, 15) is 6.14 Å². The molecule has 0 bridgehead atoms. The van der Waals surface area contributed by atoms with Crippen molar-refractivity contribution in [1.29, 1.82) is 0 Å². The zero-order chi connectivity index (χ0) is 9.30. The van der Waals surface area contributed by atoms with E-state index in [1.807, 2.05) is 0 Å². The standard InChI is InChI=1S/C6H4ClIO4/c7-5-3(9)1-2-4(10)6(5)8(11)12/h1-2,9-10H. The van der Waals surface area contributed by atoms with Gasteiger partial charge in [0.05, 0.1) is 0 Å². The van der Waals surface area contributed by atoms with Gasteiger partial charge in [0.15, 0.2) is 0 Å². The monoisotopic (exact) mass is 302 g/mol. The predicted molar refractivity (Wildman–Crippen MR) is 48.9 cm³/mol. The number of phenols is 2. The number of aromatic hydroxyl groups is 2. The van der Waals surface area contributed by atoms with Gasteiger partial charge in [-0.05, 0) is 12.1 Å². The Bertz CT molecular complexity index is 377. The number of halogens is 2. The second-order valence-corrected chi connectivity index (χ2v) is 4.65. The third kappa shape index (κ3) is 1.61. The van der Waals surface area contributed by atoms with Crippen LogP contribution in [0.1, 0.15) is 0 Å². The van der Waals surface area contributed by atoms with E-state index < -0.39 is 25.5 Å². The van der Waals surface area contributed by atoms with Gasteiger partial charge in [0, 0.05) is 0 Å². The van der Waals surface area contributed by atoms with Gasteiger partial charge < -0.3 is 10.2 Å². The minimum atomic E-state index is -3.84. The Morgan fingerprint density at radius 2 is 1.67 bits per heavy atom. The van der Waals surface area contributed by atoms with E-state index in [2.05, 4.69) is 0 Å². The summed E-state index contributed by atoms with van der Waals surface area (Å²) in [6.07, 6.45) is 0. The number of hydrogen-bond donors (Lipinski definition) is 2. The van der Waals surface area contributed by atoms with Crippen LogP contribution in [0.4, 0.5) is 0 Å². The Morgan fingerprint density at radius 3 is 2.08 bits per heavy atom. The van der Waals surface area contributed by atoms with Gasteiger partial charge in [-0.25, -0.2) is 6.14 Å². The normalized spacial score (nSPS) is 10.5. The molecule has 0 heterocycles. The van der Waals surface area contributed by atoms with Crippen LogP contribution in [0, 0.1) is 3.57 Å². The van der Waals surface area contributed by atoms with Crippen molar-refractivity contribution in [3.63, 3.8) is 0 Å². The van der Waals surface area contributed by atoms with Crippen molar-refractivity contribution in [1.82, 2.24) is 0 Å². The summed E-state index contributed by atoms with van der Waals surface area (Å²) in [5.74, 6) is -0.772. The zero-order valence-corrected chi connectivity index (χ0v) is 8.53. The lowest BCUT2D eigenvalue weighted by Gasteiger charge is -1.99. The van der Waals surface area contributed by atoms with Crippen LogP contribution in [0.3, 0.4) is 0 Å². The van der Waals surface area contributed by atoms with Crippen molar-refractivity contribution in [3.8, 4) is 11.5 Å². The van der Waals surface area contributed by atoms with Gasteiger partial charge in [-0.1, -0.05) is 11.6 Å². The van der Waals surface area contributed by atoms with E-state index in [1.54, 1.807) is 0 Å². The highest BCUT2D eigenvalue weighted by Gasteiger charge is 2.14. The first-order valence-corrected chi connectivity index (χ1v) is 6.01. The van der Waals surface area contributed by atoms with Crippen LogP contribution < -0.4 is 0 Å². The maximum absolute atomic E-state index is 10.6. The first-order valence-electron chi connectivity index (χ1n) is 2.79. The Balaban J connectivity index is 3.54. The second-order valence-electron chi connectivity index (χ2n) is 1.95. The topological polar surface area (TPSA) is 74.6 Å². The third-order valence-electron chi connectivity index (χ3n) is 1.20. The fourth-order valence-electron chi connectivity index (χ4n) is 0.676. The molecule has 0 saturated carbocycles. The number of benzene rings is 1. The minimum absolute atomic E-state index is 0.315. The van der Waals surface area contributed by atoms with E-state index in [-0.39, 0.29) is 14.3 Å². The quantitative estimate of drug-likeness (QED) is 0.615. The van der Waals surface area contributed by atoms with Crippen LogP contribution in [0.2, 0.25) is 5.02 Å². The summed E-state index contributed by atoms with van der Waals surface area (Å²) in [5, 5.41) is 17.7. The summed E-state index contributed by atoms with van der Waals surface area (Å²) in [6, 6.07) is 2.21. The lowest BCUT2D eigenvalue weighted by molar-refractivity contribution is 0.457. The highest BCUT2D eigenvalue weighted by molar-refractivity contribution is 14.2. The van der Waals surface area contributed by atoms with Crippen LogP contribution in [0.5, 0.6) is 11.5 Å². The molecule has 1 rings (SSSR count). The zero-order valence-electron chi connectivity index (χ0n) is 5.62. The predicted octanol–water partition coefficient (Wildman–Crippen LogP) is 2.12. The smallest absolute Gasteiger partial charge is 0.346 e. The molecule has 4 nitrogen and oxygen atoms in total. The summed E-state index contributed by atoms with van der Waals surface area (Å²) in [7, 11) is 0. The summed E-state index contributed by atoms with van der Waals surface area (Å²) in [6.45, 7) is 0. The minimum Gasteiger partial charge on any atom is -0.507 e. The van der Waals surface area contributed by atoms with Crippen molar-refractivity contribution >= 4 is 31.4 Å². The van der Waals surface area contributed by atoms with Crippen LogP contribution in [-0.4, -0.2) is 10.2 Å². The van der Waals surface area contributed by atoms with E-state index in [4.69, 9.17) is 21.8 Å². The molecule has 6 heteroatoms. The molecule has 66 valence electrons. The van der Waals surface area contributed by atoms with Crippen molar-refractivity contribution in [2.45, 2.75) is 0 Å². The fourth-order valence-corrected chi connectivity index (χ4v) is 2.52. The van der Waals surface area contributed by atoms with Crippen LogP contribution in [0.15, 0.2) is 12.1 Å². The van der Waals surface area contributed by atoms with Crippen molar-refractivity contribution in [3.05, 3.63) is 20.7 Å². The number of rotatable bonds is 1. The van der Waals surface area contributed by atoms with Crippen LogP contribution in [-0.2, 0) is 6.14 Å². The fraction of sp³-hybridized carbons (Fsp3) is 0. The molecule has 0 aliphatic carbocycles. The van der Waals surface area contributed by atoms with E-state index in [0.29, 0.717) is 0 Å². The maximum Gasteiger partial charge on any atom is 0.346 e. The molecule has 0 atom stereocenters. The molecular formula is C6H4ClIO4. The molecule has 0 aromatic heterocycles. The number of phenolic OH excluding ortho intramolecular Hbond substituents is 2. The molecule has 0 amide bonds. The van der Waals surface area contributed by atoms with Crippen LogP contribution in [0.25, 0.3) is 0 Å².